The lowest BCUT2D eigenvalue weighted by Crippen LogP contribution is -2.55. The summed E-state index contributed by atoms with van der Waals surface area (Å²) in [5, 5.41) is 2.93. The summed E-state index contributed by atoms with van der Waals surface area (Å²) in [6.07, 6.45) is 13.0. The molecule has 1 saturated heterocycles. The van der Waals surface area contributed by atoms with Gasteiger partial charge in [0.1, 0.15) is 0 Å². The number of nitrogens with one attached hydrogen (secondary N) is 1. The van der Waals surface area contributed by atoms with Crippen LogP contribution in [0.4, 0.5) is 0 Å². The molecular weight excluding hydrogens is 234 g/mol. The number of unbranched alkanes of at least 4 members (excludes halogenated alkanes) is 6. The zero-order valence-electron chi connectivity index (χ0n) is 13.3. The van der Waals surface area contributed by atoms with Crippen LogP contribution < -0.4 is 5.32 Å². The van der Waals surface area contributed by atoms with Gasteiger partial charge in [0.05, 0.1) is 5.92 Å². The fourth-order valence-corrected chi connectivity index (χ4v) is 3.24. The normalized spacial score (nSPS) is 19.1. The molecule has 1 heterocycles. The molecule has 2 heteroatoms. The number of rotatable bonds is 11. The molecule has 0 aromatic rings. The zero-order chi connectivity index (χ0) is 14.1. The van der Waals surface area contributed by atoms with Crippen LogP contribution in [0.3, 0.4) is 0 Å². The number of hydrogen-bond donors (Lipinski definition) is 1. The van der Waals surface area contributed by atoms with Gasteiger partial charge in [0.2, 0.25) is 5.91 Å². The molecule has 0 spiro atoms. The van der Waals surface area contributed by atoms with Crippen LogP contribution in [0.15, 0.2) is 0 Å². The smallest absolute Gasteiger partial charge is 0.225 e. The van der Waals surface area contributed by atoms with Gasteiger partial charge in [-0.1, -0.05) is 72.1 Å². The number of hydrogen-bond acceptors (Lipinski definition) is 1. The first-order valence-corrected chi connectivity index (χ1v) is 8.41. The Labute approximate surface area is 119 Å². The molecule has 1 atom stereocenters. The lowest BCUT2D eigenvalue weighted by atomic mass is 9.67. The van der Waals surface area contributed by atoms with Crippen LogP contribution in [0, 0.1) is 11.3 Å². The van der Waals surface area contributed by atoms with Crippen molar-refractivity contribution in [1.82, 2.24) is 5.32 Å². The Morgan fingerprint density at radius 3 is 1.84 bits per heavy atom. The molecule has 0 saturated carbocycles. The third-order valence-corrected chi connectivity index (χ3v) is 4.84. The van der Waals surface area contributed by atoms with E-state index in [-0.39, 0.29) is 11.3 Å². The molecule has 0 radical (unpaired) electrons. The number of carbonyl (C=O) groups is 1. The van der Waals surface area contributed by atoms with Crippen LogP contribution in [0.5, 0.6) is 0 Å². The van der Waals surface area contributed by atoms with Gasteiger partial charge in [0.25, 0.3) is 0 Å². The van der Waals surface area contributed by atoms with Crippen LogP contribution in [-0.2, 0) is 4.79 Å². The Balaban J connectivity index is 2.39. The molecule has 112 valence electrons. The third kappa shape index (κ3) is 5.16. The molecule has 0 aromatic carbocycles. The van der Waals surface area contributed by atoms with Gasteiger partial charge >= 0.3 is 0 Å². The predicted octanol–water partition coefficient (Wildman–Crippen LogP) is 4.68. The highest BCUT2D eigenvalue weighted by Gasteiger charge is 2.43. The van der Waals surface area contributed by atoms with Crippen LogP contribution in [0.2, 0.25) is 0 Å². The second kappa shape index (κ2) is 8.60. The Kier molecular flexibility index (Phi) is 7.48. The highest BCUT2D eigenvalue weighted by molar-refractivity contribution is 5.85. The molecule has 19 heavy (non-hydrogen) atoms. The average molecular weight is 267 g/mol. The maximum atomic E-state index is 11.7. The second-order valence-electron chi connectivity index (χ2n) is 6.57. The number of β-lactam (4-membered cyclic amide) rings is 1. The Bertz CT molecular complexity index is 250. The van der Waals surface area contributed by atoms with Crippen LogP contribution in [0.25, 0.3) is 0 Å². The van der Waals surface area contributed by atoms with Gasteiger partial charge in [-0.3, -0.25) is 4.79 Å². The summed E-state index contributed by atoms with van der Waals surface area (Å²) >= 11 is 0. The molecule has 0 aromatic heterocycles. The van der Waals surface area contributed by atoms with E-state index in [2.05, 4.69) is 26.1 Å². The van der Waals surface area contributed by atoms with Gasteiger partial charge in [-0.2, -0.15) is 0 Å². The molecule has 0 aliphatic carbocycles. The number of carbonyl (C=O) groups excluding carboxylic acids is 1. The molecule has 1 fully saturated rings. The Morgan fingerprint density at radius 1 is 1.00 bits per heavy atom. The summed E-state index contributed by atoms with van der Waals surface area (Å²) in [5.41, 5.74) is 0.254. The quantitative estimate of drug-likeness (QED) is 0.427. The van der Waals surface area contributed by atoms with Crippen molar-refractivity contribution in [2.75, 3.05) is 6.54 Å². The van der Waals surface area contributed by atoms with Crippen LogP contribution in [0.1, 0.15) is 85.0 Å². The van der Waals surface area contributed by atoms with Gasteiger partial charge in [0, 0.05) is 6.54 Å². The molecule has 1 N–H and O–H groups in total. The zero-order valence-corrected chi connectivity index (χ0v) is 13.3. The molecular formula is C17H33NO. The van der Waals surface area contributed by atoms with E-state index in [4.69, 9.17) is 0 Å². The van der Waals surface area contributed by atoms with E-state index in [9.17, 15) is 4.79 Å². The van der Waals surface area contributed by atoms with Gasteiger partial charge in [-0.15, -0.1) is 0 Å². The van der Waals surface area contributed by atoms with E-state index >= 15 is 0 Å². The van der Waals surface area contributed by atoms with Gasteiger partial charge in [0.15, 0.2) is 0 Å². The molecule has 1 aliphatic rings. The summed E-state index contributed by atoms with van der Waals surface area (Å²) in [7, 11) is 0. The van der Waals surface area contributed by atoms with E-state index in [0.717, 1.165) is 6.54 Å². The largest absolute Gasteiger partial charge is 0.355 e. The molecule has 1 unspecified atom stereocenters. The van der Waals surface area contributed by atoms with E-state index in [1.807, 2.05) is 0 Å². The van der Waals surface area contributed by atoms with Crippen molar-refractivity contribution < 1.29 is 4.79 Å². The van der Waals surface area contributed by atoms with Gasteiger partial charge in [-0.25, -0.2) is 0 Å². The standard InChI is InChI=1S/C17H33NO/c1-4-6-8-10-12-17(3,13-11-9-7-5-2)15-14-18-16(15)19/h15H,4-14H2,1-3H3,(H,18,19). The van der Waals surface area contributed by atoms with Gasteiger partial charge < -0.3 is 5.32 Å². The minimum atomic E-state index is 0.254. The fourth-order valence-electron chi connectivity index (χ4n) is 3.24. The van der Waals surface area contributed by atoms with Crippen molar-refractivity contribution in [3.63, 3.8) is 0 Å². The molecule has 0 bridgehead atoms. The molecule has 1 aliphatic heterocycles. The van der Waals surface area contributed by atoms with Crippen molar-refractivity contribution in [3.8, 4) is 0 Å². The fraction of sp³-hybridized carbons (Fsp3) is 0.941. The first-order valence-electron chi connectivity index (χ1n) is 8.41. The van der Waals surface area contributed by atoms with Gasteiger partial charge in [-0.05, 0) is 18.3 Å². The minimum absolute atomic E-state index is 0.254. The third-order valence-electron chi connectivity index (χ3n) is 4.84. The Morgan fingerprint density at radius 2 is 1.53 bits per heavy atom. The maximum absolute atomic E-state index is 11.7. The van der Waals surface area contributed by atoms with E-state index in [1.54, 1.807) is 0 Å². The highest BCUT2D eigenvalue weighted by atomic mass is 16.2. The summed E-state index contributed by atoms with van der Waals surface area (Å²) < 4.78 is 0. The summed E-state index contributed by atoms with van der Waals surface area (Å²) in [5.74, 6) is 0.587. The monoisotopic (exact) mass is 267 g/mol. The first kappa shape index (κ1) is 16.5. The topological polar surface area (TPSA) is 29.1 Å². The van der Waals surface area contributed by atoms with Crippen molar-refractivity contribution in [2.45, 2.75) is 85.0 Å². The Hall–Kier alpha value is -0.530. The van der Waals surface area contributed by atoms with Crippen molar-refractivity contribution in [1.29, 1.82) is 0 Å². The maximum Gasteiger partial charge on any atom is 0.225 e. The first-order chi connectivity index (χ1) is 9.14. The minimum Gasteiger partial charge on any atom is -0.355 e. The van der Waals surface area contributed by atoms with E-state index in [0.29, 0.717) is 5.91 Å². The summed E-state index contributed by atoms with van der Waals surface area (Å²) in [4.78, 5) is 11.7. The van der Waals surface area contributed by atoms with Crippen molar-refractivity contribution >= 4 is 5.91 Å². The second-order valence-corrected chi connectivity index (χ2v) is 6.57. The summed E-state index contributed by atoms with van der Waals surface area (Å²) in [6.45, 7) is 7.78. The lowest BCUT2D eigenvalue weighted by molar-refractivity contribution is -0.137. The molecule has 1 rings (SSSR count). The number of amides is 1. The van der Waals surface area contributed by atoms with E-state index in [1.165, 1.54) is 64.2 Å². The predicted molar refractivity (Wildman–Crippen MR) is 82.1 cm³/mol. The van der Waals surface area contributed by atoms with Crippen molar-refractivity contribution in [2.24, 2.45) is 11.3 Å². The lowest BCUT2D eigenvalue weighted by Gasteiger charge is -2.42. The van der Waals surface area contributed by atoms with Crippen LogP contribution in [-0.4, -0.2) is 12.5 Å². The average Bonchev–Trinajstić information content (AvgIpc) is 2.38. The van der Waals surface area contributed by atoms with E-state index < -0.39 is 0 Å². The van der Waals surface area contributed by atoms with Crippen molar-refractivity contribution in [3.05, 3.63) is 0 Å². The highest BCUT2D eigenvalue weighted by Crippen LogP contribution is 2.41. The SMILES string of the molecule is CCCCCCC(C)(CCCCCC)C1CNC1=O. The molecule has 1 amide bonds. The van der Waals surface area contributed by atoms with Crippen LogP contribution >= 0.6 is 0 Å². The summed E-state index contributed by atoms with van der Waals surface area (Å²) in [6, 6.07) is 0. The molecule has 2 nitrogen and oxygen atoms in total.